The number of carbonyl (C=O) groups is 1. The highest BCUT2D eigenvalue weighted by Gasteiger charge is 2.04. The van der Waals surface area contributed by atoms with E-state index in [2.05, 4.69) is 5.32 Å². The van der Waals surface area contributed by atoms with E-state index in [1.165, 1.54) is 5.56 Å². The highest BCUT2D eigenvalue weighted by atomic mass is 16.5. The second kappa shape index (κ2) is 8.53. The zero-order valence-electron chi connectivity index (χ0n) is 11.9. The van der Waals surface area contributed by atoms with Crippen LogP contribution in [0.3, 0.4) is 0 Å². The summed E-state index contributed by atoms with van der Waals surface area (Å²) in [5, 5.41) is 2.86. The number of benzene rings is 1. The van der Waals surface area contributed by atoms with Gasteiger partial charge in [0.25, 0.3) is 0 Å². The average Bonchev–Trinajstić information content (AvgIpc) is 2.40. The first kappa shape index (κ1) is 15.5. The van der Waals surface area contributed by atoms with Gasteiger partial charge in [0.2, 0.25) is 5.91 Å². The third-order valence-electron chi connectivity index (χ3n) is 3.09. The van der Waals surface area contributed by atoms with Crippen LogP contribution in [0.5, 0.6) is 5.75 Å². The lowest BCUT2D eigenvalue weighted by Gasteiger charge is -2.10. The van der Waals surface area contributed by atoms with Gasteiger partial charge >= 0.3 is 0 Å². The fourth-order valence-corrected chi connectivity index (χ4v) is 1.72. The molecule has 0 saturated heterocycles. The number of unbranched alkanes of at least 4 members (excludes halogenated alkanes) is 1. The summed E-state index contributed by atoms with van der Waals surface area (Å²) in [6.07, 6.45) is 2.26. The van der Waals surface area contributed by atoms with Crippen LogP contribution in [0.25, 0.3) is 0 Å². The van der Waals surface area contributed by atoms with Gasteiger partial charge < -0.3 is 15.8 Å². The van der Waals surface area contributed by atoms with E-state index < -0.39 is 0 Å². The van der Waals surface area contributed by atoms with Gasteiger partial charge in [0.05, 0.1) is 13.0 Å². The number of carbonyl (C=O) groups excluding carboxylic acids is 1. The zero-order valence-corrected chi connectivity index (χ0v) is 11.9. The molecular weight excluding hydrogens is 240 g/mol. The molecule has 19 heavy (non-hydrogen) atoms. The van der Waals surface area contributed by atoms with Gasteiger partial charge in [-0.3, -0.25) is 4.79 Å². The first-order valence-electron chi connectivity index (χ1n) is 6.81. The molecule has 0 saturated carbocycles. The maximum Gasteiger partial charge on any atom is 0.223 e. The van der Waals surface area contributed by atoms with Gasteiger partial charge in [-0.1, -0.05) is 12.1 Å². The number of ether oxygens (including phenoxy) is 1. The van der Waals surface area contributed by atoms with E-state index in [0.717, 1.165) is 24.2 Å². The fraction of sp³-hybridized carbons (Fsp3) is 0.533. The third kappa shape index (κ3) is 5.75. The standard InChI is InChI=1S/C15H24N2O2/c1-12-6-5-7-14(13(12)2)19-11-8-15(18)17-10-4-3-9-16/h5-7H,3-4,8-11,16H2,1-2H3,(H,17,18). The van der Waals surface area contributed by atoms with Crippen molar-refractivity contribution in [3.05, 3.63) is 29.3 Å². The first-order valence-corrected chi connectivity index (χ1v) is 6.81. The maximum absolute atomic E-state index is 11.5. The lowest BCUT2D eigenvalue weighted by molar-refractivity contribution is -0.121. The molecule has 106 valence electrons. The minimum absolute atomic E-state index is 0.0299. The highest BCUT2D eigenvalue weighted by molar-refractivity contribution is 5.75. The van der Waals surface area contributed by atoms with Crippen LogP contribution in [0.1, 0.15) is 30.4 Å². The van der Waals surface area contributed by atoms with Crippen LogP contribution in [0.2, 0.25) is 0 Å². The Morgan fingerprint density at radius 2 is 2.11 bits per heavy atom. The van der Waals surface area contributed by atoms with Crippen LogP contribution in [-0.2, 0) is 4.79 Å². The van der Waals surface area contributed by atoms with Gasteiger partial charge in [-0.25, -0.2) is 0 Å². The lowest BCUT2D eigenvalue weighted by Crippen LogP contribution is -2.26. The van der Waals surface area contributed by atoms with Gasteiger partial charge in [0.15, 0.2) is 0 Å². The van der Waals surface area contributed by atoms with Crippen molar-refractivity contribution in [2.24, 2.45) is 5.73 Å². The van der Waals surface area contributed by atoms with Crippen molar-refractivity contribution in [1.29, 1.82) is 0 Å². The summed E-state index contributed by atoms with van der Waals surface area (Å²) in [7, 11) is 0. The van der Waals surface area contributed by atoms with Crippen LogP contribution < -0.4 is 15.8 Å². The topological polar surface area (TPSA) is 64.3 Å². The van der Waals surface area contributed by atoms with Crippen molar-refractivity contribution < 1.29 is 9.53 Å². The molecule has 0 unspecified atom stereocenters. The van der Waals surface area contributed by atoms with Crippen molar-refractivity contribution in [1.82, 2.24) is 5.32 Å². The number of nitrogens with one attached hydrogen (secondary N) is 1. The Labute approximate surface area is 115 Å². The van der Waals surface area contributed by atoms with Crippen LogP contribution in [0, 0.1) is 13.8 Å². The number of nitrogens with two attached hydrogens (primary N) is 1. The monoisotopic (exact) mass is 264 g/mol. The minimum Gasteiger partial charge on any atom is -0.493 e. The molecule has 0 spiro atoms. The predicted molar refractivity (Wildman–Crippen MR) is 77.3 cm³/mol. The Morgan fingerprint density at radius 1 is 1.32 bits per heavy atom. The maximum atomic E-state index is 11.5. The summed E-state index contributed by atoms with van der Waals surface area (Å²) in [5.41, 5.74) is 7.71. The normalized spacial score (nSPS) is 10.3. The van der Waals surface area contributed by atoms with Crippen molar-refractivity contribution in [2.45, 2.75) is 33.1 Å². The van der Waals surface area contributed by atoms with Crippen LogP contribution >= 0.6 is 0 Å². The lowest BCUT2D eigenvalue weighted by atomic mass is 10.1. The Hall–Kier alpha value is -1.55. The number of aryl methyl sites for hydroxylation is 1. The molecule has 1 aromatic rings. The molecule has 4 nitrogen and oxygen atoms in total. The van der Waals surface area contributed by atoms with Crippen molar-refractivity contribution in [3.8, 4) is 5.75 Å². The zero-order chi connectivity index (χ0) is 14.1. The van der Waals surface area contributed by atoms with E-state index in [9.17, 15) is 4.79 Å². The second-order valence-electron chi connectivity index (χ2n) is 4.64. The molecule has 0 aliphatic rings. The number of hydrogen-bond donors (Lipinski definition) is 2. The number of amides is 1. The summed E-state index contributed by atoms with van der Waals surface area (Å²) >= 11 is 0. The smallest absolute Gasteiger partial charge is 0.223 e. The first-order chi connectivity index (χ1) is 9.15. The summed E-state index contributed by atoms with van der Waals surface area (Å²) in [5.74, 6) is 0.887. The molecule has 0 bridgehead atoms. The van der Waals surface area contributed by atoms with Gasteiger partial charge in [-0.05, 0) is 50.4 Å². The Kier molecular flexibility index (Phi) is 6.97. The number of hydrogen-bond acceptors (Lipinski definition) is 3. The van der Waals surface area contributed by atoms with E-state index in [0.29, 0.717) is 26.1 Å². The molecule has 0 aliphatic heterocycles. The van der Waals surface area contributed by atoms with Crippen molar-refractivity contribution in [3.63, 3.8) is 0 Å². The largest absolute Gasteiger partial charge is 0.493 e. The van der Waals surface area contributed by atoms with Crippen LogP contribution in [0.4, 0.5) is 0 Å². The molecular formula is C15H24N2O2. The van der Waals surface area contributed by atoms with E-state index in [1.54, 1.807) is 0 Å². The molecule has 0 aliphatic carbocycles. The van der Waals surface area contributed by atoms with Gasteiger partial charge in [0.1, 0.15) is 5.75 Å². The Balaban J connectivity index is 2.23. The van der Waals surface area contributed by atoms with E-state index in [4.69, 9.17) is 10.5 Å². The van der Waals surface area contributed by atoms with Crippen molar-refractivity contribution in [2.75, 3.05) is 19.7 Å². The molecule has 0 radical (unpaired) electrons. The SMILES string of the molecule is Cc1cccc(OCCC(=O)NCCCCN)c1C. The van der Waals surface area contributed by atoms with Gasteiger partial charge in [-0.15, -0.1) is 0 Å². The Bertz CT molecular complexity index is 405. The van der Waals surface area contributed by atoms with Crippen LogP contribution in [-0.4, -0.2) is 25.6 Å². The summed E-state index contributed by atoms with van der Waals surface area (Å²) < 4.78 is 5.63. The summed E-state index contributed by atoms with van der Waals surface area (Å²) in [4.78, 5) is 11.5. The third-order valence-corrected chi connectivity index (χ3v) is 3.09. The van der Waals surface area contributed by atoms with E-state index in [-0.39, 0.29) is 5.91 Å². The molecule has 1 amide bonds. The van der Waals surface area contributed by atoms with E-state index >= 15 is 0 Å². The van der Waals surface area contributed by atoms with Crippen molar-refractivity contribution >= 4 is 5.91 Å². The molecule has 0 fully saturated rings. The average molecular weight is 264 g/mol. The fourth-order valence-electron chi connectivity index (χ4n) is 1.72. The quantitative estimate of drug-likeness (QED) is 0.705. The predicted octanol–water partition coefficient (Wildman–Crippen LogP) is 1.93. The molecule has 4 heteroatoms. The van der Waals surface area contributed by atoms with Gasteiger partial charge in [0, 0.05) is 6.54 Å². The molecule has 0 atom stereocenters. The second-order valence-corrected chi connectivity index (χ2v) is 4.64. The highest BCUT2D eigenvalue weighted by Crippen LogP contribution is 2.20. The summed E-state index contributed by atoms with van der Waals surface area (Å²) in [6.45, 7) is 5.85. The number of rotatable bonds is 8. The Morgan fingerprint density at radius 3 is 2.84 bits per heavy atom. The molecule has 1 rings (SSSR count). The van der Waals surface area contributed by atoms with Gasteiger partial charge in [-0.2, -0.15) is 0 Å². The van der Waals surface area contributed by atoms with Crippen LogP contribution in [0.15, 0.2) is 18.2 Å². The van der Waals surface area contributed by atoms with E-state index in [1.807, 2.05) is 32.0 Å². The summed E-state index contributed by atoms with van der Waals surface area (Å²) in [6, 6.07) is 5.94. The molecule has 0 heterocycles. The molecule has 0 aromatic heterocycles. The molecule has 1 aromatic carbocycles. The molecule has 3 N–H and O–H groups in total. The minimum atomic E-state index is 0.0299.